The molecule has 24 heavy (non-hydrogen) atoms. The van der Waals surface area contributed by atoms with Crippen LogP contribution in [0.15, 0.2) is 42.5 Å². The van der Waals surface area contributed by atoms with Gasteiger partial charge in [0.25, 0.3) is 0 Å². The predicted octanol–water partition coefficient (Wildman–Crippen LogP) is 2.54. The highest BCUT2D eigenvalue weighted by Gasteiger charge is 2.06. The highest BCUT2D eigenvalue weighted by Crippen LogP contribution is 2.24. The highest BCUT2D eigenvalue weighted by molar-refractivity contribution is 7.89. The molecule has 130 valence electrons. The van der Waals surface area contributed by atoms with E-state index in [1.165, 1.54) is 6.26 Å². The number of rotatable bonds is 8. The van der Waals surface area contributed by atoms with Crippen LogP contribution in [0.3, 0.4) is 0 Å². The van der Waals surface area contributed by atoms with E-state index in [4.69, 9.17) is 9.47 Å². The second-order valence-electron chi connectivity index (χ2n) is 5.67. The zero-order valence-corrected chi connectivity index (χ0v) is 15.0. The second-order valence-corrected chi connectivity index (χ2v) is 7.81. The van der Waals surface area contributed by atoms with E-state index in [1.54, 1.807) is 14.2 Å². The molecule has 2 rings (SSSR count). The first-order valence-electron chi connectivity index (χ1n) is 7.58. The minimum atomic E-state index is -3.00. The summed E-state index contributed by atoms with van der Waals surface area (Å²) in [5.41, 5.74) is 2.95. The summed E-state index contributed by atoms with van der Waals surface area (Å²) < 4.78 is 33.1. The van der Waals surface area contributed by atoms with Gasteiger partial charge in [0.15, 0.2) is 9.84 Å². The van der Waals surface area contributed by atoms with Gasteiger partial charge in [-0.2, -0.15) is 0 Å². The van der Waals surface area contributed by atoms with E-state index < -0.39 is 9.84 Å². The molecule has 5 nitrogen and oxygen atoms in total. The first kappa shape index (κ1) is 18.3. The molecule has 0 amide bonds. The van der Waals surface area contributed by atoms with Gasteiger partial charge in [0.05, 0.1) is 20.0 Å². The van der Waals surface area contributed by atoms with E-state index in [0.29, 0.717) is 13.1 Å². The zero-order chi connectivity index (χ0) is 17.6. The van der Waals surface area contributed by atoms with Gasteiger partial charge >= 0.3 is 0 Å². The maximum atomic E-state index is 11.3. The molecule has 6 heteroatoms. The average Bonchev–Trinajstić information content (AvgIpc) is 2.55. The summed E-state index contributed by atoms with van der Waals surface area (Å²) >= 11 is 0. The Labute approximate surface area is 143 Å². The van der Waals surface area contributed by atoms with Crippen molar-refractivity contribution < 1.29 is 17.9 Å². The summed E-state index contributed by atoms with van der Waals surface area (Å²) in [6, 6.07) is 13.3. The lowest BCUT2D eigenvalue weighted by molar-refractivity contribution is 0.390. The van der Waals surface area contributed by atoms with Crippen molar-refractivity contribution in [3.8, 4) is 11.5 Å². The summed E-state index contributed by atoms with van der Waals surface area (Å²) in [6.45, 7) is 1.35. The lowest BCUT2D eigenvalue weighted by atomic mass is 10.1. The van der Waals surface area contributed by atoms with Crippen LogP contribution in [-0.2, 0) is 28.7 Å². The normalized spacial score (nSPS) is 11.3. The maximum Gasteiger partial charge on any atom is 0.151 e. The zero-order valence-electron chi connectivity index (χ0n) is 14.2. The van der Waals surface area contributed by atoms with E-state index in [-0.39, 0.29) is 5.75 Å². The number of benzene rings is 2. The third-order valence-electron chi connectivity index (χ3n) is 3.59. The Morgan fingerprint density at radius 3 is 2.17 bits per heavy atom. The third-order valence-corrected chi connectivity index (χ3v) is 4.45. The van der Waals surface area contributed by atoms with Crippen molar-refractivity contribution >= 4 is 9.84 Å². The predicted molar refractivity (Wildman–Crippen MR) is 95.1 cm³/mol. The molecular weight excluding hydrogens is 326 g/mol. The molecule has 1 N–H and O–H groups in total. The molecule has 0 radical (unpaired) electrons. The van der Waals surface area contributed by atoms with Crippen LogP contribution in [0.5, 0.6) is 11.5 Å². The standard InChI is InChI=1S/C18H23NO4S/c1-22-17-9-8-16(18(10-17)23-2)12-19-11-14-4-6-15(7-5-14)13-24(3,20)21/h4-10,19H,11-13H2,1-3H3. The van der Waals surface area contributed by atoms with E-state index in [9.17, 15) is 8.42 Å². The van der Waals surface area contributed by atoms with Gasteiger partial charge in [-0.1, -0.05) is 30.3 Å². The monoisotopic (exact) mass is 349 g/mol. The quantitative estimate of drug-likeness (QED) is 0.793. The first-order valence-corrected chi connectivity index (χ1v) is 9.64. The van der Waals surface area contributed by atoms with Crippen LogP contribution in [0, 0.1) is 0 Å². The molecule has 0 aromatic heterocycles. The van der Waals surface area contributed by atoms with Crippen LogP contribution in [0.1, 0.15) is 16.7 Å². The SMILES string of the molecule is COc1ccc(CNCc2ccc(CS(C)(=O)=O)cc2)c(OC)c1. The van der Waals surface area contributed by atoms with Gasteiger partial charge in [-0.15, -0.1) is 0 Å². The van der Waals surface area contributed by atoms with Crippen LogP contribution < -0.4 is 14.8 Å². The third kappa shape index (κ3) is 5.54. The van der Waals surface area contributed by atoms with Crippen molar-refractivity contribution in [3.05, 3.63) is 59.2 Å². The number of methoxy groups -OCH3 is 2. The fraction of sp³-hybridized carbons (Fsp3) is 0.333. The van der Waals surface area contributed by atoms with Crippen LogP contribution in [0.2, 0.25) is 0 Å². The molecule has 2 aromatic carbocycles. The molecule has 0 aliphatic heterocycles. The van der Waals surface area contributed by atoms with Crippen molar-refractivity contribution in [3.63, 3.8) is 0 Å². The average molecular weight is 349 g/mol. The van der Waals surface area contributed by atoms with Gasteiger partial charge in [0.2, 0.25) is 0 Å². The molecule has 2 aromatic rings. The molecule has 0 saturated heterocycles. The minimum absolute atomic E-state index is 0.0732. The van der Waals surface area contributed by atoms with Crippen molar-refractivity contribution in [1.29, 1.82) is 0 Å². The van der Waals surface area contributed by atoms with E-state index >= 15 is 0 Å². The van der Waals surface area contributed by atoms with Gasteiger partial charge < -0.3 is 14.8 Å². The summed E-state index contributed by atoms with van der Waals surface area (Å²) in [7, 11) is 0.267. The van der Waals surface area contributed by atoms with E-state index in [0.717, 1.165) is 28.2 Å². The molecule has 0 saturated carbocycles. The van der Waals surface area contributed by atoms with Crippen LogP contribution in [0.25, 0.3) is 0 Å². The molecule has 0 spiro atoms. The maximum absolute atomic E-state index is 11.3. The summed E-state index contributed by atoms with van der Waals surface area (Å²) in [6.07, 6.45) is 1.24. The fourth-order valence-corrected chi connectivity index (χ4v) is 3.19. The van der Waals surface area contributed by atoms with Crippen molar-refractivity contribution in [2.75, 3.05) is 20.5 Å². The Morgan fingerprint density at radius 2 is 1.58 bits per heavy atom. The molecule has 0 fully saturated rings. The lowest BCUT2D eigenvalue weighted by Crippen LogP contribution is -2.13. The Morgan fingerprint density at radius 1 is 0.917 bits per heavy atom. The van der Waals surface area contributed by atoms with Crippen LogP contribution in [0.4, 0.5) is 0 Å². The molecule has 0 aliphatic carbocycles. The molecule has 0 aliphatic rings. The van der Waals surface area contributed by atoms with Gasteiger partial charge in [-0.3, -0.25) is 0 Å². The van der Waals surface area contributed by atoms with Crippen molar-refractivity contribution in [1.82, 2.24) is 5.32 Å². The minimum Gasteiger partial charge on any atom is -0.497 e. The van der Waals surface area contributed by atoms with Gasteiger partial charge in [-0.25, -0.2) is 8.42 Å². The Bertz CT molecular complexity index is 770. The Balaban J connectivity index is 1.92. The first-order chi connectivity index (χ1) is 11.4. The highest BCUT2D eigenvalue weighted by atomic mass is 32.2. The topological polar surface area (TPSA) is 64.6 Å². The van der Waals surface area contributed by atoms with Gasteiger partial charge in [0, 0.05) is 31.0 Å². The number of ether oxygens (including phenoxy) is 2. The summed E-state index contributed by atoms with van der Waals surface area (Å²) in [4.78, 5) is 0. The number of nitrogens with one attached hydrogen (secondary N) is 1. The van der Waals surface area contributed by atoms with Gasteiger partial charge in [-0.05, 0) is 17.2 Å². The number of hydrogen-bond donors (Lipinski definition) is 1. The molecule has 0 heterocycles. The summed E-state index contributed by atoms with van der Waals surface area (Å²) in [5.74, 6) is 1.62. The van der Waals surface area contributed by atoms with E-state index in [2.05, 4.69) is 5.32 Å². The van der Waals surface area contributed by atoms with E-state index in [1.807, 2.05) is 42.5 Å². The van der Waals surface area contributed by atoms with Crippen molar-refractivity contribution in [2.24, 2.45) is 0 Å². The second kappa shape index (κ2) is 8.17. The molecule has 0 atom stereocenters. The van der Waals surface area contributed by atoms with Crippen LogP contribution in [-0.4, -0.2) is 28.9 Å². The van der Waals surface area contributed by atoms with Crippen LogP contribution >= 0.6 is 0 Å². The Hall–Kier alpha value is -2.05. The number of sulfone groups is 1. The number of hydrogen-bond acceptors (Lipinski definition) is 5. The van der Waals surface area contributed by atoms with Crippen molar-refractivity contribution in [2.45, 2.75) is 18.8 Å². The largest absolute Gasteiger partial charge is 0.497 e. The smallest absolute Gasteiger partial charge is 0.151 e. The Kier molecular flexibility index (Phi) is 6.23. The molecule has 0 unspecified atom stereocenters. The molecular formula is C18H23NO4S. The fourth-order valence-electron chi connectivity index (χ4n) is 2.40. The van der Waals surface area contributed by atoms with Gasteiger partial charge in [0.1, 0.15) is 11.5 Å². The summed E-state index contributed by atoms with van der Waals surface area (Å²) in [5, 5.41) is 3.36. The molecule has 0 bridgehead atoms. The lowest BCUT2D eigenvalue weighted by Gasteiger charge is -2.11.